The Morgan fingerprint density at radius 3 is 2.36 bits per heavy atom. The third-order valence-electron chi connectivity index (χ3n) is 7.20. The lowest BCUT2D eigenvalue weighted by Crippen LogP contribution is -2.30. The van der Waals surface area contributed by atoms with Gasteiger partial charge in [0.25, 0.3) is 11.5 Å². The molecule has 0 unspecified atom stereocenters. The molecule has 2 aromatic heterocycles. The van der Waals surface area contributed by atoms with Gasteiger partial charge in [-0.15, -0.1) is 0 Å². The van der Waals surface area contributed by atoms with E-state index in [2.05, 4.69) is 4.98 Å². The summed E-state index contributed by atoms with van der Waals surface area (Å²) in [5.74, 6) is 1.20. The number of hydrogen-bond donors (Lipinski definition) is 0. The summed E-state index contributed by atoms with van der Waals surface area (Å²) in [5.41, 5.74) is 4.77. The number of ether oxygens (including phenoxy) is 1. The van der Waals surface area contributed by atoms with Gasteiger partial charge >= 0.3 is 0 Å². The predicted molar refractivity (Wildman–Crippen MR) is 168 cm³/mol. The first-order chi connectivity index (χ1) is 20.3. The summed E-state index contributed by atoms with van der Waals surface area (Å²) in [7, 11) is 1.63. The zero-order valence-corrected chi connectivity index (χ0v) is 24.6. The topological polar surface area (TPSA) is 81.7 Å². The van der Waals surface area contributed by atoms with Gasteiger partial charge in [0, 0.05) is 11.4 Å². The lowest BCUT2D eigenvalue weighted by molar-refractivity contribution is -0.122. The molecule has 3 aromatic carbocycles. The SMILES string of the molecule is COc1ccc(CN2C(=O)C(=Cc3cc(C)n(-n4c(C)nc5ccccc5c4=O)c3C)SC2=Nc2ccccc2)cc1. The third kappa shape index (κ3) is 5.03. The van der Waals surface area contributed by atoms with E-state index in [0.29, 0.717) is 33.3 Å². The van der Waals surface area contributed by atoms with E-state index in [4.69, 9.17) is 9.73 Å². The van der Waals surface area contributed by atoms with Crippen LogP contribution in [0.25, 0.3) is 17.0 Å². The first-order valence-electron chi connectivity index (χ1n) is 13.5. The quantitative estimate of drug-likeness (QED) is 0.224. The lowest BCUT2D eigenvalue weighted by Gasteiger charge is -2.16. The highest BCUT2D eigenvalue weighted by molar-refractivity contribution is 8.18. The maximum absolute atomic E-state index is 13.8. The Labute approximate surface area is 247 Å². The highest BCUT2D eigenvalue weighted by Crippen LogP contribution is 2.36. The molecule has 0 atom stereocenters. The normalized spacial score (nSPS) is 15.3. The fraction of sp³-hybridized carbons (Fsp3) is 0.152. The highest BCUT2D eigenvalue weighted by Gasteiger charge is 2.34. The molecule has 1 amide bonds. The van der Waals surface area contributed by atoms with Crippen molar-refractivity contribution in [3.05, 3.63) is 129 Å². The van der Waals surface area contributed by atoms with Gasteiger partial charge in [0.05, 0.1) is 35.2 Å². The van der Waals surface area contributed by atoms with E-state index < -0.39 is 0 Å². The number of amides is 1. The molecular formula is C33H29N5O3S. The van der Waals surface area contributed by atoms with Crippen molar-refractivity contribution in [1.82, 2.24) is 19.2 Å². The van der Waals surface area contributed by atoms with Crippen LogP contribution in [0.3, 0.4) is 0 Å². The summed E-state index contributed by atoms with van der Waals surface area (Å²) in [6.45, 7) is 6.08. The van der Waals surface area contributed by atoms with Crippen molar-refractivity contribution >= 4 is 45.5 Å². The molecule has 5 aromatic rings. The molecule has 0 N–H and O–H groups in total. The van der Waals surface area contributed by atoms with Crippen molar-refractivity contribution in [2.45, 2.75) is 27.3 Å². The second-order valence-corrected chi connectivity index (χ2v) is 11.0. The number of amidine groups is 1. The maximum Gasteiger partial charge on any atom is 0.280 e. The lowest BCUT2D eigenvalue weighted by atomic mass is 10.2. The van der Waals surface area contributed by atoms with E-state index in [1.165, 1.54) is 11.8 Å². The Hall–Kier alpha value is -4.89. The molecule has 1 saturated heterocycles. The number of methoxy groups -OCH3 is 1. The van der Waals surface area contributed by atoms with Gasteiger partial charge in [-0.05, 0) is 92.2 Å². The Kier molecular flexibility index (Phi) is 7.26. The monoisotopic (exact) mass is 575 g/mol. The Balaban J connectivity index is 1.40. The van der Waals surface area contributed by atoms with Crippen LogP contribution in [0.4, 0.5) is 5.69 Å². The summed E-state index contributed by atoms with van der Waals surface area (Å²) in [6, 6.07) is 26.6. The summed E-state index contributed by atoms with van der Waals surface area (Å²) >= 11 is 1.34. The predicted octanol–water partition coefficient (Wildman–Crippen LogP) is 6.25. The number of carbonyl (C=O) groups is 1. The van der Waals surface area contributed by atoms with Crippen LogP contribution >= 0.6 is 11.8 Å². The number of aromatic nitrogens is 3. The van der Waals surface area contributed by atoms with Gasteiger partial charge < -0.3 is 4.74 Å². The number of carbonyl (C=O) groups excluding carboxylic acids is 1. The van der Waals surface area contributed by atoms with Gasteiger partial charge in [-0.1, -0.05) is 42.5 Å². The van der Waals surface area contributed by atoms with Crippen LogP contribution in [0.2, 0.25) is 0 Å². The molecule has 6 rings (SSSR count). The Morgan fingerprint density at radius 1 is 0.905 bits per heavy atom. The van der Waals surface area contributed by atoms with Crippen LogP contribution in [0, 0.1) is 20.8 Å². The zero-order chi connectivity index (χ0) is 29.4. The average Bonchev–Trinajstić information content (AvgIpc) is 3.43. The van der Waals surface area contributed by atoms with Crippen molar-refractivity contribution in [2.75, 3.05) is 7.11 Å². The first kappa shape index (κ1) is 27.3. The minimum atomic E-state index is -0.145. The Bertz CT molecular complexity index is 1940. The molecule has 0 bridgehead atoms. The largest absolute Gasteiger partial charge is 0.497 e. The van der Waals surface area contributed by atoms with Crippen molar-refractivity contribution in [3.8, 4) is 5.75 Å². The molecule has 210 valence electrons. The van der Waals surface area contributed by atoms with E-state index in [1.54, 1.807) is 22.8 Å². The summed E-state index contributed by atoms with van der Waals surface area (Å²) in [5, 5.41) is 1.15. The molecule has 0 saturated carbocycles. The number of para-hydroxylation sites is 2. The van der Waals surface area contributed by atoms with Gasteiger partial charge in [-0.3, -0.25) is 19.2 Å². The number of thioether (sulfide) groups is 1. The van der Waals surface area contributed by atoms with Gasteiger partial charge in [0.1, 0.15) is 11.6 Å². The molecule has 1 aliphatic heterocycles. The number of aryl methyl sites for hydroxylation is 2. The molecule has 0 spiro atoms. The van der Waals surface area contributed by atoms with Crippen LogP contribution in [0.5, 0.6) is 5.75 Å². The number of aliphatic imine (C=N–C) groups is 1. The molecule has 1 aliphatic rings. The molecule has 0 radical (unpaired) electrons. The zero-order valence-electron chi connectivity index (χ0n) is 23.7. The maximum atomic E-state index is 13.8. The van der Waals surface area contributed by atoms with Crippen molar-refractivity contribution < 1.29 is 9.53 Å². The number of nitrogens with zero attached hydrogens (tertiary/aromatic N) is 5. The standard InChI is InChI=1S/C33H29N5O3S/c1-21-18-25(22(2)37(21)38-23(3)34-29-13-9-8-12-28(29)31(38)39)19-30-32(40)36(20-24-14-16-27(41-4)17-15-24)33(42-30)35-26-10-6-5-7-11-26/h5-19H,20H2,1-4H3. The minimum absolute atomic E-state index is 0.129. The molecular weight excluding hydrogens is 546 g/mol. The van der Waals surface area contributed by atoms with Gasteiger partial charge in [-0.25, -0.2) is 9.98 Å². The molecule has 1 fully saturated rings. The van der Waals surface area contributed by atoms with Gasteiger partial charge in [0.15, 0.2) is 5.17 Å². The molecule has 42 heavy (non-hydrogen) atoms. The molecule has 3 heterocycles. The fourth-order valence-electron chi connectivity index (χ4n) is 5.10. The number of hydrogen-bond acceptors (Lipinski definition) is 6. The van der Waals surface area contributed by atoms with Crippen LogP contribution in [-0.4, -0.2) is 37.4 Å². The van der Waals surface area contributed by atoms with Crippen molar-refractivity contribution in [2.24, 2.45) is 4.99 Å². The van der Waals surface area contributed by atoms with E-state index in [1.807, 2.05) is 110 Å². The summed E-state index contributed by atoms with van der Waals surface area (Å²) < 4.78 is 8.75. The first-order valence-corrected chi connectivity index (χ1v) is 14.3. The van der Waals surface area contributed by atoms with Crippen molar-refractivity contribution in [3.63, 3.8) is 0 Å². The van der Waals surface area contributed by atoms with E-state index in [9.17, 15) is 9.59 Å². The van der Waals surface area contributed by atoms with E-state index in [-0.39, 0.29) is 11.5 Å². The van der Waals surface area contributed by atoms with Crippen LogP contribution in [0.15, 0.2) is 99.6 Å². The molecule has 9 heteroatoms. The Morgan fingerprint density at radius 2 is 1.62 bits per heavy atom. The number of fused-ring (bicyclic) bond motifs is 1. The summed E-state index contributed by atoms with van der Waals surface area (Å²) in [4.78, 5) is 39.1. The molecule has 8 nitrogen and oxygen atoms in total. The average molecular weight is 576 g/mol. The third-order valence-corrected chi connectivity index (χ3v) is 8.21. The second kappa shape index (κ2) is 11.2. The van der Waals surface area contributed by atoms with Crippen LogP contribution < -0.4 is 10.3 Å². The van der Waals surface area contributed by atoms with E-state index in [0.717, 1.165) is 34.0 Å². The van der Waals surface area contributed by atoms with Crippen LogP contribution in [-0.2, 0) is 11.3 Å². The second-order valence-electron chi connectivity index (χ2n) is 10.0. The smallest absolute Gasteiger partial charge is 0.280 e. The van der Waals surface area contributed by atoms with Crippen LogP contribution in [0.1, 0.15) is 28.3 Å². The minimum Gasteiger partial charge on any atom is -0.497 e. The van der Waals surface area contributed by atoms with Gasteiger partial charge in [0.2, 0.25) is 0 Å². The number of benzene rings is 3. The van der Waals surface area contributed by atoms with E-state index >= 15 is 0 Å². The highest BCUT2D eigenvalue weighted by atomic mass is 32.2. The van der Waals surface area contributed by atoms with Gasteiger partial charge in [-0.2, -0.15) is 4.68 Å². The molecule has 0 aliphatic carbocycles. The fourth-order valence-corrected chi connectivity index (χ4v) is 6.09. The van der Waals surface area contributed by atoms with Crippen molar-refractivity contribution in [1.29, 1.82) is 0 Å². The summed E-state index contributed by atoms with van der Waals surface area (Å²) in [6.07, 6.45) is 1.88. The number of rotatable bonds is 6.